The summed E-state index contributed by atoms with van der Waals surface area (Å²) in [4.78, 5) is 0. The van der Waals surface area contributed by atoms with E-state index < -0.39 is 18.0 Å². The van der Waals surface area contributed by atoms with Crippen LogP contribution in [-0.4, -0.2) is 20.9 Å². The summed E-state index contributed by atoms with van der Waals surface area (Å²) >= 11 is 3.30. The van der Waals surface area contributed by atoms with Crippen molar-refractivity contribution in [2.24, 2.45) is 5.92 Å². The van der Waals surface area contributed by atoms with E-state index in [1.807, 2.05) is 11.5 Å². The fourth-order valence-corrected chi connectivity index (χ4v) is 3.31. The van der Waals surface area contributed by atoms with E-state index in [-0.39, 0.29) is 6.42 Å². The second-order valence-electron chi connectivity index (χ2n) is 4.89. The average Bonchev–Trinajstić information content (AvgIpc) is 2.80. The van der Waals surface area contributed by atoms with E-state index in [9.17, 15) is 13.2 Å². The maximum atomic E-state index is 13.1. The first-order valence-electron chi connectivity index (χ1n) is 6.53. The monoisotopic (exact) mass is 339 g/mol. The molecule has 1 aliphatic rings. The van der Waals surface area contributed by atoms with Crippen molar-refractivity contribution in [3.63, 3.8) is 0 Å². The van der Waals surface area contributed by atoms with Crippen LogP contribution >= 0.6 is 15.9 Å². The topological polar surface area (TPSA) is 30.7 Å². The summed E-state index contributed by atoms with van der Waals surface area (Å²) < 4.78 is 41.2. The lowest BCUT2D eigenvalue weighted by Crippen LogP contribution is -2.33. The Kier molecular flexibility index (Phi) is 4.53. The van der Waals surface area contributed by atoms with Crippen molar-refractivity contribution >= 4 is 15.9 Å². The van der Waals surface area contributed by atoms with Gasteiger partial charge in [-0.2, -0.15) is 13.2 Å². The van der Waals surface area contributed by atoms with E-state index in [1.165, 1.54) is 0 Å². The molecule has 1 heterocycles. The summed E-state index contributed by atoms with van der Waals surface area (Å²) in [7, 11) is 0. The van der Waals surface area contributed by atoms with Gasteiger partial charge in [0.2, 0.25) is 0 Å². The van der Waals surface area contributed by atoms with Crippen LogP contribution < -0.4 is 0 Å². The molecule has 7 heteroatoms. The Labute approximate surface area is 118 Å². The molecule has 0 spiro atoms. The molecule has 1 aliphatic carbocycles. The molecule has 2 atom stereocenters. The van der Waals surface area contributed by atoms with Gasteiger partial charge in [-0.25, -0.2) is 0 Å². The lowest BCUT2D eigenvalue weighted by Gasteiger charge is -2.32. The van der Waals surface area contributed by atoms with Crippen molar-refractivity contribution in [1.29, 1.82) is 0 Å². The molecule has 2 unspecified atom stereocenters. The van der Waals surface area contributed by atoms with E-state index in [0.29, 0.717) is 36.4 Å². The second-order valence-corrected chi connectivity index (χ2v) is 5.45. The number of halogens is 4. The molecule has 1 aromatic heterocycles. The Morgan fingerprint density at radius 1 is 1.26 bits per heavy atom. The Hall–Kier alpha value is -0.590. The summed E-state index contributed by atoms with van der Waals surface area (Å²) in [6.45, 7) is 2.51. The number of hydrogen-bond acceptors (Lipinski definition) is 2. The third-order valence-electron chi connectivity index (χ3n) is 3.81. The normalized spacial score (nSPS) is 24.7. The van der Waals surface area contributed by atoms with Crippen LogP contribution in [0.5, 0.6) is 0 Å². The van der Waals surface area contributed by atoms with Gasteiger partial charge in [0.1, 0.15) is 11.6 Å². The first-order chi connectivity index (χ1) is 8.99. The van der Waals surface area contributed by atoms with Crippen LogP contribution in [0.15, 0.2) is 0 Å². The largest absolute Gasteiger partial charge is 0.392 e. The number of alkyl halides is 4. The Bertz CT molecular complexity index is 430. The smallest absolute Gasteiger partial charge is 0.314 e. The highest BCUT2D eigenvalue weighted by atomic mass is 79.9. The summed E-state index contributed by atoms with van der Waals surface area (Å²) in [6, 6.07) is 0. The van der Waals surface area contributed by atoms with Gasteiger partial charge >= 0.3 is 6.18 Å². The van der Waals surface area contributed by atoms with Gasteiger partial charge in [-0.15, -0.1) is 10.2 Å². The quantitative estimate of drug-likeness (QED) is 0.778. The van der Waals surface area contributed by atoms with E-state index in [2.05, 4.69) is 26.1 Å². The molecule has 1 saturated carbocycles. The van der Waals surface area contributed by atoms with Crippen LogP contribution in [0, 0.1) is 5.92 Å². The van der Waals surface area contributed by atoms with Crippen molar-refractivity contribution in [1.82, 2.24) is 14.8 Å². The van der Waals surface area contributed by atoms with Crippen molar-refractivity contribution in [3.8, 4) is 0 Å². The van der Waals surface area contributed by atoms with Gasteiger partial charge in [0.25, 0.3) is 0 Å². The van der Waals surface area contributed by atoms with Gasteiger partial charge in [0.05, 0.1) is 11.2 Å². The minimum atomic E-state index is -4.15. The first kappa shape index (κ1) is 14.8. The summed E-state index contributed by atoms with van der Waals surface area (Å²) in [5.41, 5.74) is 0. The molecule has 0 N–H and O–H groups in total. The lowest BCUT2D eigenvalue weighted by atomic mass is 9.78. The van der Waals surface area contributed by atoms with Gasteiger partial charge in [0, 0.05) is 12.5 Å². The van der Waals surface area contributed by atoms with Crippen LogP contribution in [0.3, 0.4) is 0 Å². The van der Waals surface area contributed by atoms with Gasteiger partial charge in [0.15, 0.2) is 0 Å². The molecule has 0 aromatic carbocycles. The second kappa shape index (κ2) is 5.81. The lowest BCUT2D eigenvalue weighted by molar-refractivity contribution is -0.188. The van der Waals surface area contributed by atoms with Crippen LogP contribution in [-0.2, 0) is 11.9 Å². The highest BCUT2D eigenvalue weighted by Crippen LogP contribution is 2.46. The summed E-state index contributed by atoms with van der Waals surface area (Å²) in [6.07, 6.45) is -1.92. The zero-order valence-corrected chi connectivity index (χ0v) is 12.3. The third kappa shape index (κ3) is 2.95. The molecule has 19 heavy (non-hydrogen) atoms. The zero-order valence-electron chi connectivity index (χ0n) is 10.8. The van der Waals surface area contributed by atoms with E-state index in [0.717, 1.165) is 6.42 Å². The van der Waals surface area contributed by atoms with Crippen LogP contribution in [0.4, 0.5) is 13.2 Å². The SMILES string of the molecule is CCn1c(CBr)nnc1C1CCCCC1C(F)(F)F. The predicted octanol–water partition coefficient (Wildman–Crippen LogP) is 4.03. The fraction of sp³-hybridized carbons (Fsp3) is 0.833. The molecule has 1 aromatic rings. The zero-order chi connectivity index (χ0) is 14.0. The average molecular weight is 340 g/mol. The molecule has 0 saturated heterocycles. The molecule has 1 fully saturated rings. The Morgan fingerprint density at radius 3 is 2.53 bits per heavy atom. The highest BCUT2D eigenvalue weighted by molar-refractivity contribution is 9.08. The number of rotatable bonds is 3. The maximum absolute atomic E-state index is 13.1. The molecule has 2 rings (SSSR count). The van der Waals surface area contributed by atoms with E-state index in [1.54, 1.807) is 0 Å². The number of nitrogens with zero attached hydrogens (tertiary/aromatic N) is 3. The van der Waals surface area contributed by atoms with E-state index >= 15 is 0 Å². The standard InChI is InChI=1S/C12H17BrF3N3/c1-2-19-10(7-13)17-18-11(19)8-5-3-4-6-9(8)12(14,15)16/h8-9H,2-7H2,1H3. The molecule has 0 aliphatic heterocycles. The van der Waals surface area contributed by atoms with Gasteiger partial charge < -0.3 is 4.57 Å². The van der Waals surface area contributed by atoms with Crippen LogP contribution in [0.25, 0.3) is 0 Å². The first-order valence-corrected chi connectivity index (χ1v) is 7.65. The predicted molar refractivity (Wildman–Crippen MR) is 69.1 cm³/mol. The Morgan fingerprint density at radius 2 is 1.95 bits per heavy atom. The molecule has 0 bridgehead atoms. The van der Waals surface area contributed by atoms with Crippen molar-refractivity contribution < 1.29 is 13.2 Å². The molecule has 3 nitrogen and oxygen atoms in total. The minimum Gasteiger partial charge on any atom is -0.314 e. The van der Waals surface area contributed by atoms with Crippen LogP contribution in [0.2, 0.25) is 0 Å². The molecule has 0 amide bonds. The Balaban J connectivity index is 2.35. The summed E-state index contributed by atoms with van der Waals surface area (Å²) in [5, 5.41) is 8.54. The van der Waals surface area contributed by atoms with Crippen LogP contribution in [0.1, 0.15) is 50.2 Å². The maximum Gasteiger partial charge on any atom is 0.392 e. The molecule has 0 radical (unpaired) electrons. The van der Waals surface area contributed by atoms with Gasteiger partial charge in [-0.3, -0.25) is 0 Å². The third-order valence-corrected chi connectivity index (χ3v) is 4.31. The molecular weight excluding hydrogens is 323 g/mol. The molecular formula is C12H17BrF3N3. The van der Waals surface area contributed by atoms with Gasteiger partial charge in [-0.1, -0.05) is 28.8 Å². The number of hydrogen-bond donors (Lipinski definition) is 0. The van der Waals surface area contributed by atoms with Gasteiger partial charge in [-0.05, 0) is 19.8 Å². The van der Waals surface area contributed by atoms with Crippen molar-refractivity contribution in [3.05, 3.63) is 11.6 Å². The van der Waals surface area contributed by atoms with Crippen molar-refractivity contribution in [2.45, 2.75) is 56.6 Å². The number of aromatic nitrogens is 3. The molecule has 108 valence electrons. The minimum absolute atomic E-state index is 0.203. The highest BCUT2D eigenvalue weighted by Gasteiger charge is 2.47. The van der Waals surface area contributed by atoms with Crippen molar-refractivity contribution in [2.75, 3.05) is 0 Å². The van der Waals surface area contributed by atoms with E-state index in [4.69, 9.17) is 0 Å². The fourth-order valence-electron chi connectivity index (χ4n) is 2.90. The summed E-state index contributed by atoms with van der Waals surface area (Å²) in [5.74, 6) is -0.629.